The first-order chi connectivity index (χ1) is 6.15. The number of aromatic nitrogens is 1. The molecule has 0 spiro atoms. The van der Waals surface area contributed by atoms with E-state index in [0.717, 1.165) is 6.20 Å². The van der Waals surface area contributed by atoms with E-state index in [1.807, 2.05) is 0 Å². The van der Waals surface area contributed by atoms with Crippen LogP contribution in [0.15, 0.2) is 18.3 Å². The van der Waals surface area contributed by atoms with Crippen molar-refractivity contribution in [1.29, 1.82) is 0 Å². The average molecular weight is 183 g/mol. The number of aliphatic hydroxyl groups is 2. The van der Waals surface area contributed by atoms with E-state index in [-0.39, 0.29) is 11.3 Å². The SMILES string of the molecule is O=C(O)c1ccc(C(O)CO)nc1. The molecule has 1 aromatic rings. The van der Waals surface area contributed by atoms with Gasteiger partial charge in [-0.15, -0.1) is 0 Å². The highest BCUT2D eigenvalue weighted by molar-refractivity contribution is 5.87. The molecule has 3 N–H and O–H groups in total. The highest BCUT2D eigenvalue weighted by Crippen LogP contribution is 2.09. The lowest BCUT2D eigenvalue weighted by Gasteiger charge is -2.05. The minimum absolute atomic E-state index is 0.0499. The number of hydrogen-bond acceptors (Lipinski definition) is 4. The summed E-state index contributed by atoms with van der Waals surface area (Å²) in [6.07, 6.45) is 0.0825. The van der Waals surface area contributed by atoms with Crippen molar-refractivity contribution in [3.05, 3.63) is 29.6 Å². The molecule has 13 heavy (non-hydrogen) atoms. The summed E-state index contributed by atoms with van der Waals surface area (Å²) in [5.74, 6) is -1.07. The largest absolute Gasteiger partial charge is 0.478 e. The minimum atomic E-state index is -1.07. The maximum Gasteiger partial charge on any atom is 0.337 e. The number of aromatic carboxylic acids is 1. The molecule has 70 valence electrons. The standard InChI is InChI=1S/C8H9NO4/c10-4-7(11)6-2-1-5(3-9-6)8(12)13/h1-3,7,10-11H,4H2,(H,12,13). The molecule has 0 aliphatic heterocycles. The zero-order valence-electron chi connectivity index (χ0n) is 6.71. The van der Waals surface area contributed by atoms with Crippen LogP contribution in [-0.2, 0) is 0 Å². The van der Waals surface area contributed by atoms with E-state index in [1.54, 1.807) is 0 Å². The van der Waals surface area contributed by atoms with Crippen LogP contribution >= 0.6 is 0 Å². The maximum absolute atomic E-state index is 10.4. The number of carboxylic acids is 1. The van der Waals surface area contributed by atoms with E-state index in [9.17, 15) is 4.79 Å². The molecule has 0 aliphatic carbocycles. The van der Waals surface area contributed by atoms with Crippen LogP contribution in [0.2, 0.25) is 0 Å². The summed E-state index contributed by atoms with van der Waals surface area (Å²) in [5, 5.41) is 26.2. The van der Waals surface area contributed by atoms with Gasteiger partial charge in [-0.25, -0.2) is 4.79 Å². The van der Waals surface area contributed by atoms with Crippen LogP contribution in [0.5, 0.6) is 0 Å². The molecule has 1 atom stereocenters. The molecule has 0 saturated carbocycles. The summed E-state index contributed by atoms with van der Waals surface area (Å²) in [6.45, 7) is -0.431. The van der Waals surface area contributed by atoms with Crippen molar-refractivity contribution in [2.45, 2.75) is 6.10 Å². The van der Waals surface area contributed by atoms with Crippen molar-refractivity contribution in [3.63, 3.8) is 0 Å². The molecule has 0 fully saturated rings. The Bertz CT molecular complexity index is 296. The van der Waals surface area contributed by atoms with Gasteiger partial charge in [0.1, 0.15) is 6.10 Å². The van der Waals surface area contributed by atoms with Gasteiger partial charge in [-0.3, -0.25) is 4.98 Å². The van der Waals surface area contributed by atoms with Gasteiger partial charge in [0.15, 0.2) is 0 Å². The third-order valence-electron chi connectivity index (χ3n) is 1.55. The molecule has 5 heteroatoms. The maximum atomic E-state index is 10.4. The smallest absolute Gasteiger partial charge is 0.337 e. The number of pyridine rings is 1. The summed E-state index contributed by atoms with van der Waals surface area (Å²) in [5.41, 5.74) is 0.307. The Morgan fingerprint density at radius 1 is 1.54 bits per heavy atom. The number of carboxylic acid groups (broad SMARTS) is 1. The van der Waals surface area contributed by atoms with Crippen LogP contribution in [0, 0.1) is 0 Å². The Labute approximate surface area is 74.3 Å². The van der Waals surface area contributed by atoms with Gasteiger partial charge >= 0.3 is 5.97 Å². The van der Waals surface area contributed by atoms with E-state index < -0.39 is 18.7 Å². The number of rotatable bonds is 3. The molecule has 0 aliphatic rings. The van der Waals surface area contributed by atoms with E-state index in [0.29, 0.717) is 0 Å². The van der Waals surface area contributed by atoms with Crippen LogP contribution in [0.4, 0.5) is 0 Å². The molecule has 1 rings (SSSR count). The van der Waals surface area contributed by atoms with Gasteiger partial charge in [0.25, 0.3) is 0 Å². The summed E-state index contributed by atoms with van der Waals surface area (Å²) in [4.78, 5) is 14.1. The first kappa shape index (κ1) is 9.63. The first-order valence-corrected chi connectivity index (χ1v) is 3.63. The van der Waals surface area contributed by atoms with Crippen molar-refractivity contribution in [3.8, 4) is 0 Å². The van der Waals surface area contributed by atoms with Crippen molar-refractivity contribution >= 4 is 5.97 Å². The Kier molecular flexibility index (Phi) is 2.94. The third kappa shape index (κ3) is 2.24. The lowest BCUT2D eigenvalue weighted by atomic mass is 10.2. The lowest BCUT2D eigenvalue weighted by Crippen LogP contribution is -2.06. The molecule has 0 amide bonds. The number of carbonyl (C=O) groups is 1. The predicted molar refractivity (Wildman–Crippen MR) is 43.2 cm³/mol. The van der Waals surface area contributed by atoms with Crippen LogP contribution in [0.25, 0.3) is 0 Å². The highest BCUT2D eigenvalue weighted by Gasteiger charge is 2.08. The van der Waals surface area contributed by atoms with Crippen LogP contribution in [-0.4, -0.2) is 32.9 Å². The predicted octanol–water partition coefficient (Wildman–Crippen LogP) is -0.194. The molecule has 1 unspecified atom stereocenters. The molecular formula is C8H9NO4. The van der Waals surface area contributed by atoms with Crippen molar-refractivity contribution < 1.29 is 20.1 Å². The first-order valence-electron chi connectivity index (χ1n) is 3.63. The second-order valence-electron chi connectivity index (χ2n) is 2.48. The second-order valence-corrected chi connectivity index (χ2v) is 2.48. The van der Waals surface area contributed by atoms with Gasteiger partial charge in [-0.2, -0.15) is 0 Å². The molecule has 1 heterocycles. The van der Waals surface area contributed by atoms with Crippen molar-refractivity contribution in [2.75, 3.05) is 6.61 Å². The fourth-order valence-corrected chi connectivity index (χ4v) is 0.822. The number of hydrogen-bond donors (Lipinski definition) is 3. The minimum Gasteiger partial charge on any atom is -0.478 e. The average Bonchev–Trinajstić information content (AvgIpc) is 2.17. The highest BCUT2D eigenvalue weighted by atomic mass is 16.4. The zero-order valence-corrected chi connectivity index (χ0v) is 6.71. The van der Waals surface area contributed by atoms with E-state index in [1.165, 1.54) is 12.1 Å². The van der Waals surface area contributed by atoms with Crippen molar-refractivity contribution in [1.82, 2.24) is 4.98 Å². The summed E-state index contributed by atoms with van der Waals surface area (Å²) >= 11 is 0. The van der Waals surface area contributed by atoms with Gasteiger partial charge < -0.3 is 15.3 Å². The zero-order chi connectivity index (χ0) is 9.84. The summed E-state index contributed by atoms with van der Waals surface area (Å²) < 4.78 is 0. The summed E-state index contributed by atoms with van der Waals surface area (Å²) in [7, 11) is 0. The fraction of sp³-hybridized carbons (Fsp3) is 0.250. The van der Waals surface area contributed by atoms with E-state index in [2.05, 4.69) is 4.98 Å². The van der Waals surface area contributed by atoms with Crippen LogP contribution in [0.3, 0.4) is 0 Å². The summed E-state index contributed by atoms with van der Waals surface area (Å²) in [6, 6.07) is 2.69. The fourth-order valence-electron chi connectivity index (χ4n) is 0.822. The van der Waals surface area contributed by atoms with Crippen molar-refractivity contribution in [2.24, 2.45) is 0 Å². The van der Waals surface area contributed by atoms with Gasteiger partial charge in [-0.1, -0.05) is 0 Å². The molecule has 1 aromatic heterocycles. The number of nitrogens with zero attached hydrogens (tertiary/aromatic N) is 1. The third-order valence-corrected chi connectivity index (χ3v) is 1.55. The van der Waals surface area contributed by atoms with Gasteiger partial charge in [0, 0.05) is 6.20 Å². The lowest BCUT2D eigenvalue weighted by molar-refractivity contribution is 0.0695. The molecule has 0 aromatic carbocycles. The Hall–Kier alpha value is -1.46. The molecular weight excluding hydrogens is 174 g/mol. The topological polar surface area (TPSA) is 90.7 Å². The Morgan fingerprint density at radius 3 is 2.62 bits per heavy atom. The quantitative estimate of drug-likeness (QED) is 0.604. The van der Waals surface area contributed by atoms with E-state index in [4.69, 9.17) is 15.3 Å². The molecule has 0 bridgehead atoms. The van der Waals surface area contributed by atoms with Gasteiger partial charge in [0.05, 0.1) is 17.9 Å². The van der Waals surface area contributed by atoms with E-state index >= 15 is 0 Å². The van der Waals surface area contributed by atoms with Gasteiger partial charge in [0.2, 0.25) is 0 Å². The van der Waals surface area contributed by atoms with Crippen LogP contribution < -0.4 is 0 Å². The Balaban J connectivity index is 2.87. The molecule has 0 saturated heterocycles. The monoisotopic (exact) mass is 183 g/mol. The molecule has 0 radical (unpaired) electrons. The number of aliphatic hydroxyl groups excluding tert-OH is 2. The molecule has 5 nitrogen and oxygen atoms in total. The Morgan fingerprint density at radius 2 is 2.23 bits per heavy atom. The normalized spacial score (nSPS) is 12.5. The second kappa shape index (κ2) is 3.97. The van der Waals surface area contributed by atoms with Gasteiger partial charge in [-0.05, 0) is 12.1 Å². The van der Waals surface area contributed by atoms with Crippen LogP contribution in [0.1, 0.15) is 22.2 Å².